The van der Waals surface area contributed by atoms with Crippen LogP contribution < -0.4 is 9.47 Å². The maximum absolute atomic E-state index is 13.8. The second-order valence-electron chi connectivity index (χ2n) is 5.54. The van der Waals surface area contributed by atoms with Crippen molar-refractivity contribution in [1.29, 1.82) is 0 Å². The summed E-state index contributed by atoms with van der Waals surface area (Å²) in [6.45, 7) is -0.215. The Hall–Kier alpha value is -3.10. The molecular formula is C18H14F4N2O3. The molecule has 0 atom stereocenters. The lowest BCUT2D eigenvalue weighted by Crippen LogP contribution is -2.05. The number of benzene rings is 2. The highest BCUT2D eigenvalue weighted by Crippen LogP contribution is 2.31. The van der Waals surface area contributed by atoms with E-state index in [4.69, 9.17) is 14.0 Å². The lowest BCUT2D eigenvalue weighted by molar-refractivity contribution is -0.137. The Labute approximate surface area is 151 Å². The summed E-state index contributed by atoms with van der Waals surface area (Å²) < 4.78 is 67.4. The van der Waals surface area contributed by atoms with Gasteiger partial charge in [-0.25, -0.2) is 4.39 Å². The van der Waals surface area contributed by atoms with Crippen LogP contribution in [0.1, 0.15) is 22.8 Å². The molecule has 0 aliphatic rings. The molecule has 0 saturated heterocycles. The van der Waals surface area contributed by atoms with Crippen molar-refractivity contribution in [3.8, 4) is 11.5 Å². The van der Waals surface area contributed by atoms with Crippen LogP contribution in [0.3, 0.4) is 0 Å². The summed E-state index contributed by atoms with van der Waals surface area (Å²) in [6, 6.07) is 9.08. The zero-order valence-electron chi connectivity index (χ0n) is 14.1. The Kier molecular flexibility index (Phi) is 5.29. The van der Waals surface area contributed by atoms with Gasteiger partial charge < -0.3 is 14.0 Å². The number of hydrogen-bond acceptors (Lipinski definition) is 5. The van der Waals surface area contributed by atoms with Crippen molar-refractivity contribution < 1.29 is 31.6 Å². The van der Waals surface area contributed by atoms with E-state index in [-0.39, 0.29) is 36.2 Å². The number of ether oxygens (including phenoxy) is 2. The van der Waals surface area contributed by atoms with E-state index in [1.54, 1.807) is 0 Å². The smallest absolute Gasteiger partial charge is 0.416 e. The maximum Gasteiger partial charge on any atom is 0.416 e. The minimum Gasteiger partial charge on any atom is -0.493 e. The third-order valence-corrected chi connectivity index (χ3v) is 3.62. The maximum atomic E-state index is 13.8. The molecule has 0 N–H and O–H groups in total. The third-order valence-electron chi connectivity index (χ3n) is 3.62. The van der Waals surface area contributed by atoms with Crippen molar-refractivity contribution >= 4 is 0 Å². The topological polar surface area (TPSA) is 57.4 Å². The van der Waals surface area contributed by atoms with Gasteiger partial charge in [-0.2, -0.15) is 18.2 Å². The number of nitrogens with zero attached hydrogens (tertiary/aromatic N) is 2. The molecule has 9 heteroatoms. The van der Waals surface area contributed by atoms with Crippen LogP contribution in [-0.2, 0) is 19.2 Å². The summed E-state index contributed by atoms with van der Waals surface area (Å²) >= 11 is 0. The largest absolute Gasteiger partial charge is 0.493 e. The first-order valence-electron chi connectivity index (χ1n) is 7.79. The quantitative estimate of drug-likeness (QED) is 0.592. The lowest BCUT2D eigenvalue weighted by Gasteiger charge is -2.09. The van der Waals surface area contributed by atoms with Crippen molar-refractivity contribution in [2.24, 2.45) is 0 Å². The molecule has 3 aromatic rings. The van der Waals surface area contributed by atoms with Gasteiger partial charge in [-0.05, 0) is 23.8 Å². The van der Waals surface area contributed by atoms with Gasteiger partial charge in [-0.1, -0.05) is 29.4 Å². The second kappa shape index (κ2) is 7.65. The number of methoxy groups -OCH3 is 1. The highest BCUT2D eigenvalue weighted by atomic mass is 19.4. The Morgan fingerprint density at radius 2 is 1.89 bits per heavy atom. The Morgan fingerprint density at radius 1 is 1.11 bits per heavy atom. The van der Waals surface area contributed by atoms with Crippen LogP contribution in [0.15, 0.2) is 47.0 Å². The Bertz CT molecular complexity index is 925. The molecule has 0 aliphatic carbocycles. The standard InChI is InChI=1S/C18H14F4N2O3/c1-25-14-7-3-6-13(19)17(14)26-10-16-23-15(24-27-16)9-11-4-2-5-12(8-11)18(20,21)22/h2-8H,9-10H2,1H3. The minimum atomic E-state index is -4.43. The average Bonchev–Trinajstić information content (AvgIpc) is 3.07. The Morgan fingerprint density at radius 3 is 2.63 bits per heavy atom. The number of aromatic nitrogens is 2. The van der Waals surface area contributed by atoms with E-state index in [1.807, 2.05) is 0 Å². The summed E-state index contributed by atoms with van der Waals surface area (Å²) in [7, 11) is 1.38. The third kappa shape index (κ3) is 4.55. The summed E-state index contributed by atoms with van der Waals surface area (Å²) in [6.07, 6.45) is -4.37. The van der Waals surface area contributed by atoms with Crippen LogP contribution in [0.25, 0.3) is 0 Å². The molecule has 0 aliphatic heterocycles. The number of hydrogen-bond donors (Lipinski definition) is 0. The molecule has 5 nitrogen and oxygen atoms in total. The zero-order valence-corrected chi connectivity index (χ0v) is 14.1. The first kappa shape index (κ1) is 18.7. The molecule has 3 rings (SSSR count). The first-order valence-corrected chi connectivity index (χ1v) is 7.79. The number of para-hydroxylation sites is 1. The van der Waals surface area contributed by atoms with Gasteiger partial charge in [0.15, 0.2) is 29.7 Å². The van der Waals surface area contributed by atoms with Crippen LogP contribution in [0.2, 0.25) is 0 Å². The average molecular weight is 382 g/mol. The van der Waals surface area contributed by atoms with E-state index in [0.717, 1.165) is 12.1 Å². The van der Waals surface area contributed by atoms with Crippen molar-refractivity contribution in [2.45, 2.75) is 19.2 Å². The minimum absolute atomic E-state index is 0.0520. The Balaban J connectivity index is 1.68. The van der Waals surface area contributed by atoms with E-state index in [0.29, 0.717) is 5.56 Å². The summed E-state index contributed by atoms with van der Waals surface area (Å²) in [5.74, 6) is -0.259. The number of alkyl halides is 3. The van der Waals surface area contributed by atoms with Crippen molar-refractivity contribution in [2.75, 3.05) is 7.11 Å². The van der Waals surface area contributed by atoms with E-state index < -0.39 is 17.6 Å². The zero-order chi connectivity index (χ0) is 19.4. The predicted octanol–water partition coefficient (Wildman–Crippen LogP) is 4.41. The molecule has 0 spiro atoms. The van der Waals surface area contributed by atoms with Gasteiger partial charge in [0.05, 0.1) is 12.7 Å². The number of rotatable bonds is 6. The summed E-state index contributed by atoms with van der Waals surface area (Å²) in [5.41, 5.74) is -0.368. The van der Waals surface area contributed by atoms with Gasteiger partial charge in [0, 0.05) is 6.42 Å². The molecule has 0 fully saturated rings. The number of halogens is 4. The molecule has 0 radical (unpaired) electrons. The highest BCUT2D eigenvalue weighted by molar-refractivity contribution is 5.40. The van der Waals surface area contributed by atoms with E-state index >= 15 is 0 Å². The van der Waals surface area contributed by atoms with Crippen molar-refractivity contribution in [3.05, 3.63) is 71.1 Å². The molecule has 1 aromatic heterocycles. The molecule has 0 amide bonds. The predicted molar refractivity (Wildman–Crippen MR) is 85.8 cm³/mol. The molecule has 0 saturated carbocycles. The van der Waals surface area contributed by atoms with E-state index in [9.17, 15) is 17.6 Å². The van der Waals surface area contributed by atoms with Gasteiger partial charge in [-0.3, -0.25) is 0 Å². The van der Waals surface area contributed by atoms with Crippen LogP contribution in [-0.4, -0.2) is 17.3 Å². The molecule has 1 heterocycles. The SMILES string of the molecule is COc1cccc(F)c1OCc1nc(Cc2cccc(C(F)(F)F)c2)no1. The molecule has 2 aromatic carbocycles. The van der Waals surface area contributed by atoms with Crippen molar-refractivity contribution in [3.63, 3.8) is 0 Å². The van der Waals surface area contributed by atoms with Crippen LogP contribution >= 0.6 is 0 Å². The van der Waals surface area contributed by atoms with Gasteiger partial charge in [0.25, 0.3) is 5.89 Å². The lowest BCUT2D eigenvalue weighted by atomic mass is 10.1. The van der Waals surface area contributed by atoms with Crippen molar-refractivity contribution in [1.82, 2.24) is 10.1 Å². The molecule has 0 bridgehead atoms. The molecular weight excluding hydrogens is 368 g/mol. The first-order chi connectivity index (χ1) is 12.9. The van der Waals surface area contributed by atoms with Gasteiger partial charge >= 0.3 is 6.18 Å². The molecule has 27 heavy (non-hydrogen) atoms. The summed E-state index contributed by atoms with van der Waals surface area (Å²) in [4.78, 5) is 4.05. The van der Waals surface area contributed by atoms with Gasteiger partial charge in [-0.15, -0.1) is 0 Å². The summed E-state index contributed by atoms with van der Waals surface area (Å²) in [5, 5.41) is 3.71. The molecule has 142 valence electrons. The fraction of sp³-hybridized carbons (Fsp3) is 0.222. The van der Waals surface area contributed by atoms with Crippen LogP contribution in [0.5, 0.6) is 11.5 Å². The monoisotopic (exact) mass is 382 g/mol. The highest BCUT2D eigenvalue weighted by Gasteiger charge is 2.30. The van der Waals surface area contributed by atoms with E-state index in [2.05, 4.69) is 10.1 Å². The fourth-order valence-corrected chi connectivity index (χ4v) is 2.38. The van der Waals surface area contributed by atoms with Gasteiger partial charge in [0.2, 0.25) is 0 Å². The molecule has 0 unspecified atom stereocenters. The van der Waals surface area contributed by atoms with Gasteiger partial charge in [0.1, 0.15) is 0 Å². The second-order valence-corrected chi connectivity index (χ2v) is 5.54. The van der Waals surface area contributed by atoms with Crippen LogP contribution in [0.4, 0.5) is 17.6 Å². The van der Waals surface area contributed by atoms with E-state index in [1.165, 1.54) is 37.4 Å². The fourth-order valence-electron chi connectivity index (χ4n) is 2.38. The normalized spacial score (nSPS) is 11.4. The van der Waals surface area contributed by atoms with Crippen LogP contribution in [0, 0.1) is 5.82 Å².